The summed E-state index contributed by atoms with van der Waals surface area (Å²) in [5.41, 5.74) is 0. The predicted octanol–water partition coefficient (Wildman–Crippen LogP) is 1.32. The molecule has 1 aliphatic carbocycles. The highest BCUT2D eigenvalue weighted by atomic mass is 16.2. The van der Waals surface area contributed by atoms with Crippen molar-refractivity contribution in [3.8, 4) is 0 Å². The van der Waals surface area contributed by atoms with Crippen molar-refractivity contribution in [2.45, 2.75) is 45.1 Å². The number of carbonyl (C=O) groups excluding carboxylic acids is 1. The van der Waals surface area contributed by atoms with Crippen LogP contribution in [0.4, 0.5) is 0 Å². The van der Waals surface area contributed by atoms with Crippen molar-refractivity contribution in [3.63, 3.8) is 0 Å². The molecule has 0 aromatic heterocycles. The smallest absolute Gasteiger partial charge is 0.236 e. The molecule has 4 heteroatoms. The summed E-state index contributed by atoms with van der Waals surface area (Å²) in [5, 5.41) is 3.38. The van der Waals surface area contributed by atoms with E-state index in [1.807, 2.05) is 11.9 Å². The summed E-state index contributed by atoms with van der Waals surface area (Å²) >= 11 is 0. The molecule has 1 N–H and O–H groups in total. The van der Waals surface area contributed by atoms with Gasteiger partial charge in [-0.05, 0) is 51.1 Å². The van der Waals surface area contributed by atoms with Crippen LogP contribution in [-0.2, 0) is 4.79 Å². The average molecular weight is 267 g/mol. The van der Waals surface area contributed by atoms with Crippen LogP contribution < -0.4 is 5.32 Å². The lowest BCUT2D eigenvalue weighted by molar-refractivity contribution is -0.133. The summed E-state index contributed by atoms with van der Waals surface area (Å²) in [6.07, 6.45) is 6.07. The molecule has 1 aliphatic heterocycles. The van der Waals surface area contributed by atoms with Crippen LogP contribution in [0.25, 0.3) is 0 Å². The first-order valence-electron chi connectivity index (χ1n) is 7.85. The monoisotopic (exact) mass is 267 g/mol. The Labute approximate surface area is 117 Å². The average Bonchev–Trinajstić information content (AvgIpc) is 2.67. The molecule has 1 saturated carbocycles. The van der Waals surface area contributed by atoms with Gasteiger partial charge in [0, 0.05) is 26.2 Å². The van der Waals surface area contributed by atoms with E-state index >= 15 is 0 Å². The largest absolute Gasteiger partial charge is 0.342 e. The Morgan fingerprint density at radius 3 is 2.68 bits per heavy atom. The molecule has 0 atom stereocenters. The minimum atomic E-state index is 0.307. The standard InChI is InChI=1S/C15H29N3O/c1-13-4-6-14(7-5-13)17(2)15(19)12-18-10-3-8-16-9-11-18/h13-14,16H,3-12H2,1-2H3. The van der Waals surface area contributed by atoms with Crippen molar-refractivity contribution in [2.75, 3.05) is 39.8 Å². The molecular weight excluding hydrogens is 238 g/mol. The zero-order valence-electron chi connectivity index (χ0n) is 12.5. The molecule has 2 fully saturated rings. The van der Waals surface area contributed by atoms with E-state index in [9.17, 15) is 4.79 Å². The molecule has 0 aromatic rings. The third-order valence-electron chi connectivity index (χ3n) is 4.72. The number of amides is 1. The molecule has 110 valence electrons. The van der Waals surface area contributed by atoms with Crippen LogP contribution in [-0.4, -0.2) is 61.5 Å². The van der Waals surface area contributed by atoms with E-state index in [4.69, 9.17) is 0 Å². The molecule has 1 amide bonds. The molecule has 0 aromatic carbocycles. The van der Waals surface area contributed by atoms with E-state index in [0.29, 0.717) is 18.5 Å². The van der Waals surface area contributed by atoms with Gasteiger partial charge in [-0.1, -0.05) is 6.92 Å². The highest BCUT2D eigenvalue weighted by Gasteiger charge is 2.25. The van der Waals surface area contributed by atoms with Gasteiger partial charge >= 0.3 is 0 Å². The molecule has 2 aliphatic rings. The molecule has 1 heterocycles. The molecule has 0 bridgehead atoms. The molecule has 1 saturated heterocycles. The number of rotatable bonds is 3. The maximum absolute atomic E-state index is 12.4. The van der Waals surface area contributed by atoms with Crippen molar-refractivity contribution >= 4 is 5.91 Å². The number of hydrogen-bond donors (Lipinski definition) is 1. The van der Waals surface area contributed by atoms with Crippen molar-refractivity contribution in [1.82, 2.24) is 15.1 Å². The van der Waals surface area contributed by atoms with Gasteiger partial charge in [0.2, 0.25) is 5.91 Å². The highest BCUT2D eigenvalue weighted by molar-refractivity contribution is 5.78. The van der Waals surface area contributed by atoms with Gasteiger partial charge in [0.05, 0.1) is 6.54 Å². The van der Waals surface area contributed by atoms with E-state index in [1.165, 1.54) is 25.7 Å². The fraction of sp³-hybridized carbons (Fsp3) is 0.933. The Morgan fingerprint density at radius 2 is 1.95 bits per heavy atom. The third-order valence-corrected chi connectivity index (χ3v) is 4.72. The molecule has 0 spiro atoms. The molecule has 2 rings (SSSR count). The van der Waals surface area contributed by atoms with E-state index in [1.54, 1.807) is 0 Å². The van der Waals surface area contributed by atoms with Gasteiger partial charge < -0.3 is 10.2 Å². The van der Waals surface area contributed by atoms with E-state index in [-0.39, 0.29) is 0 Å². The van der Waals surface area contributed by atoms with Crippen LogP contribution in [0.2, 0.25) is 0 Å². The number of hydrogen-bond acceptors (Lipinski definition) is 3. The zero-order chi connectivity index (χ0) is 13.7. The Hall–Kier alpha value is -0.610. The van der Waals surface area contributed by atoms with Crippen LogP contribution >= 0.6 is 0 Å². The van der Waals surface area contributed by atoms with Crippen molar-refractivity contribution in [3.05, 3.63) is 0 Å². The molecule has 4 nitrogen and oxygen atoms in total. The normalized spacial score (nSPS) is 29.8. The summed E-state index contributed by atoms with van der Waals surface area (Å²) in [5.74, 6) is 1.15. The number of nitrogens with zero attached hydrogens (tertiary/aromatic N) is 2. The third kappa shape index (κ3) is 4.46. The van der Waals surface area contributed by atoms with E-state index < -0.39 is 0 Å². The molecule has 0 unspecified atom stereocenters. The Balaban J connectivity index is 1.78. The van der Waals surface area contributed by atoms with E-state index in [0.717, 1.165) is 38.5 Å². The van der Waals surface area contributed by atoms with E-state index in [2.05, 4.69) is 17.1 Å². The van der Waals surface area contributed by atoms with Crippen LogP contribution in [0.1, 0.15) is 39.0 Å². The summed E-state index contributed by atoms with van der Waals surface area (Å²) in [7, 11) is 2.00. The minimum absolute atomic E-state index is 0.307. The number of carbonyl (C=O) groups is 1. The number of likely N-dealkylation sites (N-methyl/N-ethyl adjacent to an activating group) is 1. The van der Waals surface area contributed by atoms with Crippen molar-refractivity contribution < 1.29 is 4.79 Å². The van der Waals surface area contributed by atoms with Crippen LogP contribution in [0.5, 0.6) is 0 Å². The molecule has 0 radical (unpaired) electrons. The van der Waals surface area contributed by atoms with Gasteiger partial charge in [-0.15, -0.1) is 0 Å². The Morgan fingerprint density at radius 1 is 1.21 bits per heavy atom. The lowest BCUT2D eigenvalue weighted by Gasteiger charge is -2.34. The maximum Gasteiger partial charge on any atom is 0.236 e. The topological polar surface area (TPSA) is 35.6 Å². The van der Waals surface area contributed by atoms with Crippen molar-refractivity contribution in [1.29, 1.82) is 0 Å². The molecular formula is C15H29N3O. The second-order valence-corrected chi connectivity index (χ2v) is 6.30. The summed E-state index contributed by atoms with van der Waals surface area (Å²) < 4.78 is 0. The second-order valence-electron chi connectivity index (χ2n) is 6.30. The Bertz CT molecular complexity index is 279. The van der Waals surface area contributed by atoms with Crippen LogP contribution in [0, 0.1) is 5.92 Å². The summed E-state index contributed by atoms with van der Waals surface area (Å²) in [4.78, 5) is 16.7. The quantitative estimate of drug-likeness (QED) is 0.838. The Kier molecular flexibility index (Phi) is 5.64. The van der Waals surface area contributed by atoms with Gasteiger partial charge in [0.15, 0.2) is 0 Å². The first-order valence-corrected chi connectivity index (χ1v) is 7.85. The SMILES string of the molecule is CC1CCC(N(C)C(=O)CN2CCCNCC2)CC1. The zero-order valence-corrected chi connectivity index (χ0v) is 12.5. The van der Waals surface area contributed by atoms with Gasteiger partial charge in [0.25, 0.3) is 0 Å². The highest BCUT2D eigenvalue weighted by Crippen LogP contribution is 2.26. The summed E-state index contributed by atoms with van der Waals surface area (Å²) in [6, 6.07) is 0.480. The van der Waals surface area contributed by atoms with Gasteiger partial charge in [0.1, 0.15) is 0 Å². The first kappa shape index (κ1) is 14.8. The van der Waals surface area contributed by atoms with Crippen LogP contribution in [0.15, 0.2) is 0 Å². The minimum Gasteiger partial charge on any atom is -0.342 e. The first-order chi connectivity index (χ1) is 9.16. The van der Waals surface area contributed by atoms with Gasteiger partial charge in [-0.2, -0.15) is 0 Å². The fourth-order valence-electron chi connectivity index (χ4n) is 3.20. The van der Waals surface area contributed by atoms with Crippen LogP contribution in [0.3, 0.4) is 0 Å². The fourth-order valence-corrected chi connectivity index (χ4v) is 3.20. The molecule has 19 heavy (non-hydrogen) atoms. The summed E-state index contributed by atoms with van der Waals surface area (Å²) in [6.45, 7) is 7.07. The lowest BCUT2D eigenvalue weighted by Crippen LogP contribution is -2.45. The lowest BCUT2D eigenvalue weighted by atomic mass is 9.87. The van der Waals surface area contributed by atoms with Gasteiger partial charge in [-0.3, -0.25) is 9.69 Å². The van der Waals surface area contributed by atoms with Crippen molar-refractivity contribution in [2.24, 2.45) is 5.92 Å². The maximum atomic E-state index is 12.4. The van der Waals surface area contributed by atoms with Gasteiger partial charge in [-0.25, -0.2) is 0 Å². The number of nitrogens with one attached hydrogen (secondary N) is 1. The second kappa shape index (κ2) is 7.25. The predicted molar refractivity (Wildman–Crippen MR) is 78.1 cm³/mol.